The molecular formula is C17H14O4. The lowest BCUT2D eigenvalue weighted by molar-refractivity contribution is 0.100. The molecule has 0 unspecified atom stereocenters. The number of carbonyl (C=O) groups is 1. The summed E-state index contributed by atoms with van der Waals surface area (Å²) < 4.78 is 10.7. The normalized spacial score (nSPS) is 15.5. The van der Waals surface area contributed by atoms with Crippen molar-refractivity contribution in [3.05, 3.63) is 59.2 Å². The van der Waals surface area contributed by atoms with Crippen molar-refractivity contribution in [2.75, 3.05) is 13.7 Å². The van der Waals surface area contributed by atoms with E-state index in [1.54, 1.807) is 49.6 Å². The third-order valence-electron chi connectivity index (χ3n) is 3.32. The number of rotatable bonds is 2. The zero-order valence-corrected chi connectivity index (χ0v) is 11.5. The zero-order valence-electron chi connectivity index (χ0n) is 11.5. The number of benzene rings is 2. The first kappa shape index (κ1) is 13.2. The SMILES string of the molecule is COc1ccc2c(c1)OC/C(=C\c1cccc(O)c1)C2=O. The van der Waals surface area contributed by atoms with Crippen LogP contribution in [0.2, 0.25) is 0 Å². The fourth-order valence-electron chi connectivity index (χ4n) is 2.25. The molecule has 1 aliphatic rings. The summed E-state index contributed by atoms with van der Waals surface area (Å²) in [5.74, 6) is 1.29. The minimum atomic E-state index is -0.0674. The van der Waals surface area contributed by atoms with E-state index in [4.69, 9.17) is 9.47 Å². The van der Waals surface area contributed by atoms with Crippen molar-refractivity contribution in [2.24, 2.45) is 0 Å². The third kappa shape index (κ3) is 2.60. The molecule has 4 nitrogen and oxygen atoms in total. The van der Waals surface area contributed by atoms with Gasteiger partial charge in [0.05, 0.1) is 12.7 Å². The number of phenols is 1. The van der Waals surface area contributed by atoms with Crippen LogP contribution in [0.25, 0.3) is 6.08 Å². The van der Waals surface area contributed by atoms with Crippen LogP contribution in [-0.2, 0) is 0 Å². The van der Waals surface area contributed by atoms with Crippen LogP contribution >= 0.6 is 0 Å². The molecule has 1 heterocycles. The standard InChI is InChI=1S/C17H14O4/c1-20-14-5-6-15-16(9-14)21-10-12(17(15)19)7-11-3-2-4-13(18)8-11/h2-9,18H,10H2,1H3/b12-7+. The Morgan fingerprint density at radius 2 is 2.10 bits per heavy atom. The van der Waals surface area contributed by atoms with E-state index < -0.39 is 0 Å². The molecule has 4 heteroatoms. The summed E-state index contributed by atoms with van der Waals surface area (Å²) in [5, 5.41) is 9.46. The van der Waals surface area contributed by atoms with Gasteiger partial charge < -0.3 is 14.6 Å². The first-order valence-electron chi connectivity index (χ1n) is 6.52. The Morgan fingerprint density at radius 3 is 2.86 bits per heavy atom. The largest absolute Gasteiger partial charge is 0.508 e. The monoisotopic (exact) mass is 282 g/mol. The van der Waals surface area contributed by atoms with Gasteiger partial charge in [0.2, 0.25) is 0 Å². The summed E-state index contributed by atoms with van der Waals surface area (Å²) in [6, 6.07) is 11.9. The molecule has 0 bridgehead atoms. The highest BCUT2D eigenvalue weighted by atomic mass is 16.5. The van der Waals surface area contributed by atoms with E-state index in [9.17, 15) is 9.90 Å². The summed E-state index contributed by atoms with van der Waals surface area (Å²) in [6.07, 6.45) is 1.73. The molecule has 1 N–H and O–H groups in total. The van der Waals surface area contributed by atoms with Crippen molar-refractivity contribution in [3.8, 4) is 17.2 Å². The van der Waals surface area contributed by atoms with E-state index >= 15 is 0 Å². The number of Topliss-reactive ketones (excluding diaryl/α,β-unsaturated/α-hetero) is 1. The molecular weight excluding hydrogens is 268 g/mol. The summed E-state index contributed by atoms with van der Waals surface area (Å²) >= 11 is 0. The van der Waals surface area contributed by atoms with Crippen molar-refractivity contribution >= 4 is 11.9 Å². The first-order chi connectivity index (χ1) is 10.2. The van der Waals surface area contributed by atoms with Gasteiger partial charge in [0.15, 0.2) is 5.78 Å². The number of carbonyl (C=O) groups excluding carboxylic acids is 1. The van der Waals surface area contributed by atoms with Gasteiger partial charge in [-0.1, -0.05) is 12.1 Å². The highest BCUT2D eigenvalue weighted by Crippen LogP contribution is 2.31. The lowest BCUT2D eigenvalue weighted by Gasteiger charge is -2.19. The Labute approximate surface area is 122 Å². The molecule has 0 fully saturated rings. The number of hydrogen-bond donors (Lipinski definition) is 1. The van der Waals surface area contributed by atoms with Crippen LogP contribution in [-0.4, -0.2) is 24.6 Å². The second-order valence-corrected chi connectivity index (χ2v) is 4.74. The van der Waals surface area contributed by atoms with Crippen LogP contribution in [0.4, 0.5) is 0 Å². The number of methoxy groups -OCH3 is 1. The highest BCUT2D eigenvalue weighted by Gasteiger charge is 2.23. The molecule has 0 saturated carbocycles. The van der Waals surface area contributed by atoms with Crippen LogP contribution in [0, 0.1) is 0 Å². The second-order valence-electron chi connectivity index (χ2n) is 4.74. The Hall–Kier alpha value is -2.75. The number of ketones is 1. The number of aromatic hydroxyl groups is 1. The molecule has 0 atom stereocenters. The zero-order chi connectivity index (χ0) is 14.8. The smallest absolute Gasteiger partial charge is 0.196 e. The van der Waals surface area contributed by atoms with Gasteiger partial charge in [-0.05, 0) is 35.9 Å². The average Bonchev–Trinajstić information content (AvgIpc) is 2.50. The maximum absolute atomic E-state index is 12.5. The summed E-state index contributed by atoms with van der Waals surface area (Å²) in [7, 11) is 1.57. The fourth-order valence-corrected chi connectivity index (χ4v) is 2.25. The minimum absolute atomic E-state index is 0.0674. The molecule has 0 spiro atoms. The van der Waals surface area contributed by atoms with Gasteiger partial charge in [-0.2, -0.15) is 0 Å². The predicted octanol–water partition coefficient (Wildman–Crippen LogP) is 3.06. The Kier molecular flexibility index (Phi) is 3.36. The van der Waals surface area contributed by atoms with Crippen molar-refractivity contribution < 1.29 is 19.4 Å². The maximum Gasteiger partial charge on any atom is 0.196 e. The molecule has 0 amide bonds. The summed E-state index contributed by atoms with van der Waals surface area (Å²) in [6.45, 7) is 0.203. The van der Waals surface area contributed by atoms with Gasteiger partial charge in [0.25, 0.3) is 0 Å². The van der Waals surface area contributed by atoms with Crippen LogP contribution in [0.5, 0.6) is 17.2 Å². The molecule has 0 aromatic heterocycles. The Morgan fingerprint density at radius 1 is 1.24 bits per heavy atom. The molecule has 0 saturated heterocycles. The van der Waals surface area contributed by atoms with Crippen molar-refractivity contribution in [1.29, 1.82) is 0 Å². The predicted molar refractivity (Wildman–Crippen MR) is 78.9 cm³/mol. The summed E-state index contributed by atoms with van der Waals surface area (Å²) in [4.78, 5) is 12.5. The van der Waals surface area contributed by atoms with Gasteiger partial charge in [0.1, 0.15) is 23.9 Å². The van der Waals surface area contributed by atoms with Crippen LogP contribution in [0.3, 0.4) is 0 Å². The quantitative estimate of drug-likeness (QED) is 0.860. The van der Waals surface area contributed by atoms with Crippen LogP contribution in [0.1, 0.15) is 15.9 Å². The molecule has 3 rings (SSSR count). The van der Waals surface area contributed by atoms with Gasteiger partial charge in [-0.15, -0.1) is 0 Å². The molecule has 21 heavy (non-hydrogen) atoms. The summed E-state index contributed by atoms with van der Waals surface area (Å²) in [5.41, 5.74) is 1.84. The van der Waals surface area contributed by atoms with Gasteiger partial charge in [0, 0.05) is 11.6 Å². The molecule has 1 aliphatic heterocycles. The number of hydrogen-bond acceptors (Lipinski definition) is 4. The first-order valence-corrected chi connectivity index (χ1v) is 6.52. The Balaban J connectivity index is 1.95. The van der Waals surface area contributed by atoms with E-state index in [0.717, 1.165) is 5.56 Å². The molecule has 0 aliphatic carbocycles. The maximum atomic E-state index is 12.5. The number of fused-ring (bicyclic) bond motifs is 1. The third-order valence-corrected chi connectivity index (χ3v) is 3.32. The van der Waals surface area contributed by atoms with Gasteiger partial charge >= 0.3 is 0 Å². The average molecular weight is 282 g/mol. The molecule has 2 aromatic carbocycles. The van der Waals surface area contributed by atoms with Crippen molar-refractivity contribution in [3.63, 3.8) is 0 Å². The Bertz CT molecular complexity index is 731. The van der Waals surface area contributed by atoms with Crippen LogP contribution in [0.15, 0.2) is 48.0 Å². The molecule has 2 aromatic rings. The van der Waals surface area contributed by atoms with E-state index in [1.807, 2.05) is 6.07 Å². The fraction of sp³-hybridized carbons (Fsp3) is 0.118. The van der Waals surface area contributed by atoms with Crippen molar-refractivity contribution in [2.45, 2.75) is 0 Å². The second kappa shape index (κ2) is 5.32. The molecule has 106 valence electrons. The topological polar surface area (TPSA) is 55.8 Å². The number of phenolic OH excluding ortho intramolecular Hbond substituents is 1. The number of ether oxygens (including phenoxy) is 2. The van der Waals surface area contributed by atoms with E-state index in [0.29, 0.717) is 22.6 Å². The van der Waals surface area contributed by atoms with E-state index in [1.165, 1.54) is 0 Å². The molecule has 0 radical (unpaired) electrons. The lowest BCUT2D eigenvalue weighted by atomic mass is 9.98. The van der Waals surface area contributed by atoms with Crippen LogP contribution < -0.4 is 9.47 Å². The minimum Gasteiger partial charge on any atom is -0.508 e. The highest BCUT2D eigenvalue weighted by molar-refractivity contribution is 6.14. The van der Waals surface area contributed by atoms with E-state index in [-0.39, 0.29) is 18.1 Å². The van der Waals surface area contributed by atoms with Gasteiger partial charge in [-0.3, -0.25) is 4.79 Å². The van der Waals surface area contributed by atoms with Gasteiger partial charge in [-0.25, -0.2) is 0 Å². The van der Waals surface area contributed by atoms with E-state index in [2.05, 4.69) is 0 Å². The van der Waals surface area contributed by atoms with Crippen molar-refractivity contribution in [1.82, 2.24) is 0 Å². The lowest BCUT2D eigenvalue weighted by Crippen LogP contribution is -2.19.